The lowest BCUT2D eigenvalue weighted by Gasteiger charge is -2.12. The van der Waals surface area contributed by atoms with Gasteiger partial charge in [0.1, 0.15) is 0 Å². The van der Waals surface area contributed by atoms with Gasteiger partial charge in [0, 0.05) is 12.6 Å². The van der Waals surface area contributed by atoms with E-state index in [0.717, 1.165) is 18.7 Å². The molecular weight excluding hydrogens is 248 g/mol. The summed E-state index contributed by atoms with van der Waals surface area (Å²) in [6.45, 7) is 3.88. The van der Waals surface area contributed by atoms with Gasteiger partial charge in [0.05, 0.1) is 6.42 Å². The van der Waals surface area contributed by atoms with Crippen molar-refractivity contribution < 1.29 is 4.79 Å². The van der Waals surface area contributed by atoms with Gasteiger partial charge >= 0.3 is 0 Å². The maximum atomic E-state index is 11.8. The minimum atomic E-state index is 0. The molecule has 1 atom stereocenters. The van der Waals surface area contributed by atoms with E-state index in [1.54, 1.807) is 0 Å². The number of nitrogens with one attached hydrogen (secondary N) is 2. The molecule has 4 heteroatoms. The predicted octanol–water partition coefficient (Wildman–Crippen LogP) is 1.83. The molecule has 1 aromatic carbocycles. The first-order valence-electron chi connectivity index (χ1n) is 6.30. The lowest BCUT2D eigenvalue weighted by atomic mass is 10.1. The normalized spacial score (nSPS) is 18.2. The van der Waals surface area contributed by atoms with Crippen molar-refractivity contribution >= 4 is 18.3 Å². The lowest BCUT2D eigenvalue weighted by molar-refractivity contribution is -0.120. The van der Waals surface area contributed by atoms with E-state index < -0.39 is 0 Å². The number of amides is 1. The SMILES string of the molecule is Cc1ccccc1CC(=O)NCC1CCCN1.Cl. The van der Waals surface area contributed by atoms with Crippen molar-refractivity contribution in [1.82, 2.24) is 10.6 Å². The maximum absolute atomic E-state index is 11.8. The largest absolute Gasteiger partial charge is 0.354 e. The summed E-state index contributed by atoms with van der Waals surface area (Å²) in [5.74, 6) is 0.119. The molecule has 0 bridgehead atoms. The van der Waals surface area contributed by atoms with Gasteiger partial charge < -0.3 is 10.6 Å². The monoisotopic (exact) mass is 268 g/mol. The number of benzene rings is 1. The van der Waals surface area contributed by atoms with Crippen LogP contribution in [0.5, 0.6) is 0 Å². The molecule has 0 radical (unpaired) electrons. The fourth-order valence-electron chi connectivity index (χ4n) is 2.21. The van der Waals surface area contributed by atoms with Crippen molar-refractivity contribution in [3.05, 3.63) is 35.4 Å². The van der Waals surface area contributed by atoms with Gasteiger partial charge in [-0.3, -0.25) is 4.79 Å². The van der Waals surface area contributed by atoms with Crippen LogP contribution in [0.15, 0.2) is 24.3 Å². The van der Waals surface area contributed by atoms with Gasteiger partial charge in [0.15, 0.2) is 0 Å². The average molecular weight is 269 g/mol. The molecule has 0 aliphatic carbocycles. The molecule has 0 spiro atoms. The average Bonchev–Trinajstić information content (AvgIpc) is 2.82. The van der Waals surface area contributed by atoms with E-state index in [0.29, 0.717) is 12.5 Å². The minimum absolute atomic E-state index is 0. The Morgan fingerprint density at radius 3 is 2.89 bits per heavy atom. The third-order valence-electron chi connectivity index (χ3n) is 3.32. The molecule has 1 aliphatic rings. The van der Waals surface area contributed by atoms with E-state index in [2.05, 4.69) is 10.6 Å². The number of rotatable bonds is 4. The van der Waals surface area contributed by atoms with Gasteiger partial charge in [-0.2, -0.15) is 0 Å². The summed E-state index contributed by atoms with van der Waals surface area (Å²) < 4.78 is 0. The van der Waals surface area contributed by atoms with E-state index in [1.807, 2.05) is 31.2 Å². The third-order valence-corrected chi connectivity index (χ3v) is 3.32. The van der Waals surface area contributed by atoms with Gasteiger partial charge in [-0.05, 0) is 37.4 Å². The number of carbonyl (C=O) groups excluding carboxylic acids is 1. The van der Waals surface area contributed by atoms with Crippen molar-refractivity contribution in [2.24, 2.45) is 0 Å². The number of halogens is 1. The van der Waals surface area contributed by atoms with Crippen LogP contribution in [0.3, 0.4) is 0 Å². The standard InChI is InChI=1S/C14H20N2O.ClH/c1-11-5-2-3-6-12(11)9-14(17)16-10-13-7-4-8-15-13;/h2-3,5-6,13,15H,4,7-10H2,1H3,(H,16,17);1H. The first kappa shape index (κ1) is 15.0. The molecule has 1 saturated heterocycles. The molecule has 1 unspecified atom stereocenters. The molecule has 100 valence electrons. The molecule has 3 nitrogen and oxygen atoms in total. The van der Waals surface area contributed by atoms with Crippen LogP contribution in [-0.4, -0.2) is 25.0 Å². The van der Waals surface area contributed by atoms with Crippen LogP contribution < -0.4 is 10.6 Å². The molecule has 1 heterocycles. The summed E-state index contributed by atoms with van der Waals surface area (Å²) in [5, 5.41) is 6.37. The summed E-state index contributed by atoms with van der Waals surface area (Å²) in [6.07, 6.45) is 2.88. The molecule has 18 heavy (non-hydrogen) atoms. The summed E-state index contributed by atoms with van der Waals surface area (Å²) >= 11 is 0. The lowest BCUT2D eigenvalue weighted by Crippen LogP contribution is -2.37. The molecule has 0 aromatic heterocycles. The molecule has 2 N–H and O–H groups in total. The van der Waals surface area contributed by atoms with E-state index in [1.165, 1.54) is 18.4 Å². The molecule has 1 aromatic rings. The van der Waals surface area contributed by atoms with Gasteiger partial charge in [-0.25, -0.2) is 0 Å². The Labute approximate surface area is 115 Å². The van der Waals surface area contributed by atoms with Crippen LogP contribution in [0, 0.1) is 6.92 Å². The number of carbonyl (C=O) groups is 1. The Kier molecular flexibility index (Phi) is 6.16. The van der Waals surface area contributed by atoms with Gasteiger partial charge in [-0.1, -0.05) is 24.3 Å². The fraction of sp³-hybridized carbons (Fsp3) is 0.500. The Morgan fingerprint density at radius 2 is 2.22 bits per heavy atom. The highest BCUT2D eigenvalue weighted by molar-refractivity contribution is 5.85. The molecule has 1 aliphatic heterocycles. The first-order valence-corrected chi connectivity index (χ1v) is 6.30. The Bertz CT molecular complexity index is 389. The summed E-state index contributed by atoms with van der Waals surface area (Å²) in [7, 11) is 0. The van der Waals surface area contributed by atoms with Crippen molar-refractivity contribution in [3.63, 3.8) is 0 Å². The van der Waals surface area contributed by atoms with Gasteiger partial charge in [0.25, 0.3) is 0 Å². The van der Waals surface area contributed by atoms with Crippen molar-refractivity contribution in [2.45, 2.75) is 32.2 Å². The summed E-state index contributed by atoms with van der Waals surface area (Å²) in [5.41, 5.74) is 2.30. The van der Waals surface area contributed by atoms with Crippen molar-refractivity contribution in [3.8, 4) is 0 Å². The van der Waals surface area contributed by atoms with E-state index >= 15 is 0 Å². The summed E-state index contributed by atoms with van der Waals surface area (Å²) in [6, 6.07) is 8.51. The zero-order chi connectivity index (χ0) is 12.1. The van der Waals surface area contributed by atoms with Crippen LogP contribution in [-0.2, 0) is 11.2 Å². The number of hydrogen-bond acceptors (Lipinski definition) is 2. The summed E-state index contributed by atoms with van der Waals surface area (Å²) in [4.78, 5) is 11.8. The zero-order valence-corrected chi connectivity index (χ0v) is 11.6. The zero-order valence-electron chi connectivity index (χ0n) is 10.7. The van der Waals surface area contributed by atoms with Crippen LogP contribution >= 0.6 is 12.4 Å². The molecule has 2 rings (SSSR count). The van der Waals surface area contributed by atoms with E-state index in [-0.39, 0.29) is 18.3 Å². The highest BCUT2D eigenvalue weighted by Gasteiger charge is 2.14. The highest BCUT2D eigenvalue weighted by Crippen LogP contribution is 2.08. The second-order valence-corrected chi connectivity index (χ2v) is 4.70. The van der Waals surface area contributed by atoms with Crippen LogP contribution in [0.4, 0.5) is 0 Å². The molecule has 1 amide bonds. The Morgan fingerprint density at radius 1 is 1.44 bits per heavy atom. The molecule has 1 fully saturated rings. The van der Waals surface area contributed by atoms with Gasteiger partial charge in [-0.15, -0.1) is 12.4 Å². The first-order chi connectivity index (χ1) is 8.25. The van der Waals surface area contributed by atoms with Crippen LogP contribution in [0.1, 0.15) is 24.0 Å². The predicted molar refractivity (Wildman–Crippen MR) is 76.2 cm³/mol. The van der Waals surface area contributed by atoms with E-state index in [9.17, 15) is 4.79 Å². The van der Waals surface area contributed by atoms with Crippen LogP contribution in [0.2, 0.25) is 0 Å². The molecule has 0 saturated carbocycles. The maximum Gasteiger partial charge on any atom is 0.224 e. The highest BCUT2D eigenvalue weighted by atomic mass is 35.5. The van der Waals surface area contributed by atoms with E-state index in [4.69, 9.17) is 0 Å². The number of hydrogen-bond donors (Lipinski definition) is 2. The second-order valence-electron chi connectivity index (χ2n) is 4.70. The van der Waals surface area contributed by atoms with Crippen molar-refractivity contribution in [1.29, 1.82) is 0 Å². The quantitative estimate of drug-likeness (QED) is 0.875. The molecular formula is C14H21ClN2O. The Balaban J connectivity index is 0.00000162. The van der Waals surface area contributed by atoms with Crippen molar-refractivity contribution in [2.75, 3.05) is 13.1 Å². The fourth-order valence-corrected chi connectivity index (χ4v) is 2.21. The topological polar surface area (TPSA) is 41.1 Å². The number of aryl methyl sites for hydroxylation is 1. The Hall–Kier alpha value is -1.06. The van der Waals surface area contributed by atoms with Crippen LogP contribution in [0.25, 0.3) is 0 Å². The third kappa shape index (κ3) is 4.31. The second kappa shape index (κ2) is 7.39. The smallest absolute Gasteiger partial charge is 0.224 e. The minimum Gasteiger partial charge on any atom is -0.354 e. The van der Waals surface area contributed by atoms with Gasteiger partial charge in [0.2, 0.25) is 5.91 Å².